The van der Waals surface area contributed by atoms with E-state index in [-0.39, 0.29) is 0 Å². The lowest BCUT2D eigenvalue weighted by atomic mass is 10.1. The molecule has 0 aromatic heterocycles. The molecular weight excluding hydrogens is 148 g/mol. The molecule has 0 radical (unpaired) electrons. The van der Waals surface area contributed by atoms with Crippen molar-refractivity contribution < 1.29 is 0 Å². The lowest BCUT2D eigenvalue weighted by Gasteiger charge is -1.98. The molecule has 0 aliphatic rings. The zero-order chi connectivity index (χ0) is 8.81. The normalized spacial score (nSPS) is 9.33. The van der Waals surface area contributed by atoms with Crippen LogP contribution in [0.5, 0.6) is 0 Å². The molecule has 0 fully saturated rings. The van der Waals surface area contributed by atoms with E-state index in [1.807, 2.05) is 24.3 Å². The molecule has 62 valence electrons. The number of nitriles is 1. The van der Waals surface area contributed by atoms with Crippen molar-refractivity contribution in [1.82, 2.24) is 0 Å². The Balaban J connectivity index is 2.68. The first-order valence-electron chi connectivity index (χ1n) is 4.06. The summed E-state index contributed by atoms with van der Waals surface area (Å²) in [7, 11) is 0. The van der Waals surface area contributed by atoms with Crippen molar-refractivity contribution in [3.05, 3.63) is 35.4 Å². The van der Waals surface area contributed by atoms with Crippen LogP contribution in [0.3, 0.4) is 0 Å². The molecule has 0 saturated heterocycles. The molecule has 0 amide bonds. The van der Waals surface area contributed by atoms with Crippen molar-refractivity contribution in [2.45, 2.75) is 12.8 Å². The largest absolute Gasteiger partial charge is 0.330 e. The Bertz CT molecular complexity index is 286. The van der Waals surface area contributed by atoms with Gasteiger partial charge in [0.1, 0.15) is 0 Å². The van der Waals surface area contributed by atoms with Crippen molar-refractivity contribution >= 4 is 0 Å². The number of nitrogens with two attached hydrogens (primary N) is 1. The van der Waals surface area contributed by atoms with Crippen LogP contribution in [-0.2, 0) is 6.42 Å². The van der Waals surface area contributed by atoms with Crippen LogP contribution in [-0.4, -0.2) is 6.54 Å². The smallest absolute Gasteiger partial charge is 0.0991 e. The van der Waals surface area contributed by atoms with Gasteiger partial charge in [-0.1, -0.05) is 12.1 Å². The predicted molar refractivity (Wildman–Crippen MR) is 48.5 cm³/mol. The molecule has 1 rings (SSSR count). The molecule has 1 aromatic carbocycles. The zero-order valence-electron chi connectivity index (χ0n) is 6.96. The highest BCUT2D eigenvalue weighted by atomic mass is 14.5. The summed E-state index contributed by atoms with van der Waals surface area (Å²) in [6.45, 7) is 0.705. The molecule has 2 heteroatoms. The molecule has 0 aliphatic carbocycles. The Kier molecular flexibility index (Phi) is 3.31. The topological polar surface area (TPSA) is 49.8 Å². The van der Waals surface area contributed by atoms with E-state index in [1.54, 1.807) is 0 Å². The number of rotatable bonds is 3. The summed E-state index contributed by atoms with van der Waals surface area (Å²) >= 11 is 0. The SMILES string of the molecule is N#Cc1cccc(CCCN)c1. The summed E-state index contributed by atoms with van der Waals surface area (Å²) in [6.07, 6.45) is 1.95. The third-order valence-corrected chi connectivity index (χ3v) is 1.73. The van der Waals surface area contributed by atoms with Crippen molar-refractivity contribution in [2.75, 3.05) is 6.54 Å². The highest BCUT2D eigenvalue weighted by Gasteiger charge is 1.93. The van der Waals surface area contributed by atoms with Crippen LogP contribution in [0.2, 0.25) is 0 Å². The number of hydrogen-bond acceptors (Lipinski definition) is 2. The second-order valence-electron chi connectivity index (χ2n) is 2.70. The summed E-state index contributed by atoms with van der Waals surface area (Å²) in [5.74, 6) is 0. The summed E-state index contributed by atoms with van der Waals surface area (Å²) in [6, 6.07) is 9.77. The third-order valence-electron chi connectivity index (χ3n) is 1.73. The summed E-state index contributed by atoms with van der Waals surface area (Å²) in [5.41, 5.74) is 7.30. The minimum atomic E-state index is 0.705. The van der Waals surface area contributed by atoms with Gasteiger partial charge in [0.05, 0.1) is 11.6 Å². The van der Waals surface area contributed by atoms with Gasteiger partial charge in [0.2, 0.25) is 0 Å². The fourth-order valence-corrected chi connectivity index (χ4v) is 1.10. The van der Waals surface area contributed by atoms with Crippen LogP contribution in [0.1, 0.15) is 17.5 Å². The Morgan fingerprint density at radius 1 is 1.42 bits per heavy atom. The first-order chi connectivity index (χ1) is 5.86. The van der Waals surface area contributed by atoms with E-state index < -0.39 is 0 Å². The fourth-order valence-electron chi connectivity index (χ4n) is 1.10. The van der Waals surface area contributed by atoms with Gasteiger partial charge in [0.15, 0.2) is 0 Å². The van der Waals surface area contributed by atoms with Gasteiger partial charge >= 0.3 is 0 Å². The van der Waals surface area contributed by atoms with Gasteiger partial charge in [-0.2, -0.15) is 5.26 Å². The van der Waals surface area contributed by atoms with E-state index in [0.717, 1.165) is 18.4 Å². The molecular formula is C10H12N2. The average Bonchev–Trinajstić information content (AvgIpc) is 2.15. The monoisotopic (exact) mass is 160 g/mol. The molecule has 1 aromatic rings. The van der Waals surface area contributed by atoms with Crippen LogP contribution in [0.15, 0.2) is 24.3 Å². The highest BCUT2D eigenvalue weighted by molar-refractivity contribution is 5.32. The van der Waals surface area contributed by atoms with Gasteiger partial charge in [-0.25, -0.2) is 0 Å². The summed E-state index contributed by atoms with van der Waals surface area (Å²) in [4.78, 5) is 0. The summed E-state index contributed by atoms with van der Waals surface area (Å²) < 4.78 is 0. The third kappa shape index (κ3) is 2.37. The molecule has 0 atom stereocenters. The van der Waals surface area contributed by atoms with Crippen LogP contribution < -0.4 is 5.73 Å². The minimum Gasteiger partial charge on any atom is -0.330 e. The van der Waals surface area contributed by atoms with Gasteiger partial charge in [-0.3, -0.25) is 0 Å². The van der Waals surface area contributed by atoms with Gasteiger partial charge in [0, 0.05) is 0 Å². The molecule has 12 heavy (non-hydrogen) atoms. The summed E-state index contributed by atoms with van der Waals surface area (Å²) in [5, 5.41) is 8.61. The van der Waals surface area contributed by atoms with Crippen molar-refractivity contribution in [2.24, 2.45) is 5.73 Å². The van der Waals surface area contributed by atoms with Gasteiger partial charge in [-0.15, -0.1) is 0 Å². The second-order valence-corrected chi connectivity index (χ2v) is 2.70. The number of nitrogens with zero attached hydrogens (tertiary/aromatic N) is 1. The average molecular weight is 160 g/mol. The first kappa shape index (κ1) is 8.76. The van der Waals surface area contributed by atoms with Crippen molar-refractivity contribution in [3.8, 4) is 6.07 Å². The number of hydrogen-bond donors (Lipinski definition) is 1. The molecule has 0 heterocycles. The molecule has 0 unspecified atom stereocenters. The predicted octanol–water partition coefficient (Wildman–Crippen LogP) is 1.45. The van der Waals surface area contributed by atoms with E-state index in [2.05, 4.69) is 6.07 Å². The Morgan fingerprint density at radius 3 is 2.92 bits per heavy atom. The van der Waals surface area contributed by atoms with Gasteiger partial charge in [-0.05, 0) is 37.1 Å². The second kappa shape index (κ2) is 4.53. The standard InChI is InChI=1S/C10H12N2/c11-6-2-5-9-3-1-4-10(7-9)8-12/h1,3-4,7H,2,5-6,11H2. The van der Waals surface area contributed by atoms with E-state index in [0.29, 0.717) is 6.54 Å². The molecule has 2 N–H and O–H groups in total. The lowest BCUT2D eigenvalue weighted by Crippen LogP contribution is -2.00. The Hall–Kier alpha value is -1.33. The number of aryl methyl sites for hydroxylation is 1. The molecule has 0 aliphatic heterocycles. The fraction of sp³-hybridized carbons (Fsp3) is 0.300. The Labute approximate surface area is 72.6 Å². The van der Waals surface area contributed by atoms with Crippen LogP contribution in [0, 0.1) is 11.3 Å². The van der Waals surface area contributed by atoms with Crippen LogP contribution in [0.4, 0.5) is 0 Å². The first-order valence-corrected chi connectivity index (χ1v) is 4.06. The highest BCUT2D eigenvalue weighted by Crippen LogP contribution is 2.05. The molecule has 0 saturated carbocycles. The van der Waals surface area contributed by atoms with Crippen molar-refractivity contribution in [3.63, 3.8) is 0 Å². The molecule has 2 nitrogen and oxygen atoms in total. The maximum Gasteiger partial charge on any atom is 0.0991 e. The minimum absolute atomic E-state index is 0.705. The van der Waals surface area contributed by atoms with Gasteiger partial charge < -0.3 is 5.73 Å². The van der Waals surface area contributed by atoms with Crippen LogP contribution >= 0.6 is 0 Å². The van der Waals surface area contributed by atoms with Crippen molar-refractivity contribution in [1.29, 1.82) is 5.26 Å². The van der Waals surface area contributed by atoms with Gasteiger partial charge in [0.25, 0.3) is 0 Å². The molecule has 0 bridgehead atoms. The zero-order valence-corrected chi connectivity index (χ0v) is 6.96. The lowest BCUT2D eigenvalue weighted by molar-refractivity contribution is 0.832. The van der Waals surface area contributed by atoms with E-state index >= 15 is 0 Å². The molecule has 0 spiro atoms. The van der Waals surface area contributed by atoms with E-state index in [4.69, 9.17) is 11.0 Å². The number of benzene rings is 1. The maximum atomic E-state index is 8.61. The van der Waals surface area contributed by atoms with E-state index in [9.17, 15) is 0 Å². The van der Waals surface area contributed by atoms with Crippen LogP contribution in [0.25, 0.3) is 0 Å². The quantitative estimate of drug-likeness (QED) is 0.727. The maximum absolute atomic E-state index is 8.61. The van der Waals surface area contributed by atoms with E-state index in [1.165, 1.54) is 5.56 Å². The Morgan fingerprint density at radius 2 is 2.25 bits per heavy atom.